The van der Waals surface area contributed by atoms with Crippen LogP contribution in [0.1, 0.15) is 23.0 Å². The Hall–Kier alpha value is -2.00. The number of fused-ring (bicyclic) bond motifs is 5. The third-order valence-electron chi connectivity index (χ3n) is 4.33. The maximum Gasteiger partial charge on any atom is 0.231 e. The second-order valence-corrected chi connectivity index (χ2v) is 5.68. The van der Waals surface area contributed by atoms with Gasteiger partial charge in [0.2, 0.25) is 5.91 Å². The fourth-order valence-corrected chi connectivity index (χ4v) is 3.58. The number of halogens is 1. The van der Waals surface area contributed by atoms with Gasteiger partial charge in [-0.05, 0) is 12.1 Å². The maximum atomic E-state index is 12.7. The minimum absolute atomic E-state index is 0.0859. The van der Waals surface area contributed by atoms with Gasteiger partial charge in [-0.3, -0.25) is 4.79 Å². The lowest BCUT2D eigenvalue weighted by Crippen LogP contribution is -2.25. The molecule has 2 atom stereocenters. The molecule has 0 unspecified atom stereocenters. The standard InChI is InChI=1S/C17H14ClNO2/c18-10-19-9-13-11-5-1-3-7-14(11)21-15-8-4-2-6-12(15)16(13)17(19)20/h1-8,13,16H,9-10H2/t13-,16-/m1/s1. The third-order valence-corrected chi connectivity index (χ3v) is 4.62. The van der Waals surface area contributed by atoms with Gasteiger partial charge < -0.3 is 9.64 Å². The number of likely N-dealkylation sites (tertiary alicyclic amines) is 1. The van der Waals surface area contributed by atoms with Crippen LogP contribution in [-0.2, 0) is 4.79 Å². The summed E-state index contributed by atoms with van der Waals surface area (Å²) < 4.78 is 6.05. The van der Waals surface area contributed by atoms with E-state index in [4.69, 9.17) is 16.3 Å². The van der Waals surface area contributed by atoms with Gasteiger partial charge in [-0.25, -0.2) is 0 Å². The van der Waals surface area contributed by atoms with Gasteiger partial charge in [0.25, 0.3) is 0 Å². The van der Waals surface area contributed by atoms with E-state index in [2.05, 4.69) is 0 Å². The smallest absolute Gasteiger partial charge is 0.231 e. The number of carbonyl (C=O) groups excluding carboxylic acids is 1. The predicted octanol–water partition coefficient (Wildman–Crippen LogP) is 3.70. The first-order valence-electron chi connectivity index (χ1n) is 7.00. The Morgan fingerprint density at radius 2 is 1.67 bits per heavy atom. The Balaban J connectivity index is 1.94. The highest BCUT2D eigenvalue weighted by atomic mass is 35.5. The quantitative estimate of drug-likeness (QED) is 0.593. The van der Waals surface area contributed by atoms with E-state index in [1.807, 2.05) is 48.5 Å². The second kappa shape index (κ2) is 4.78. The Morgan fingerprint density at radius 3 is 2.38 bits per heavy atom. The average Bonchev–Trinajstić information content (AvgIpc) is 2.77. The SMILES string of the molecule is O=C1[C@@H]2c3ccccc3Oc3ccccc3[C@H]2CN1CCl. The number of alkyl halides is 1. The van der Waals surface area contributed by atoms with E-state index in [0.29, 0.717) is 6.54 Å². The largest absolute Gasteiger partial charge is 0.457 e. The van der Waals surface area contributed by atoms with Gasteiger partial charge in [-0.2, -0.15) is 0 Å². The van der Waals surface area contributed by atoms with Gasteiger partial charge in [-0.15, -0.1) is 11.6 Å². The topological polar surface area (TPSA) is 29.5 Å². The van der Waals surface area contributed by atoms with Crippen molar-refractivity contribution in [3.05, 3.63) is 59.7 Å². The van der Waals surface area contributed by atoms with Crippen LogP contribution in [0.4, 0.5) is 0 Å². The monoisotopic (exact) mass is 299 g/mol. The zero-order chi connectivity index (χ0) is 14.4. The van der Waals surface area contributed by atoms with Crippen LogP contribution in [0.5, 0.6) is 11.5 Å². The maximum absolute atomic E-state index is 12.7. The first-order chi connectivity index (χ1) is 10.3. The molecule has 2 aliphatic rings. The minimum atomic E-state index is -0.205. The molecular weight excluding hydrogens is 286 g/mol. The fraction of sp³-hybridized carbons (Fsp3) is 0.235. The summed E-state index contributed by atoms with van der Waals surface area (Å²) >= 11 is 5.94. The second-order valence-electron chi connectivity index (χ2n) is 5.44. The molecule has 2 aromatic carbocycles. The zero-order valence-electron chi connectivity index (χ0n) is 11.3. The molecule has 0 radical (unpaired) electrons. The number of hydrogen-bond donors (Lipinski definition) is 0. The first kappa shape index (κ1) is 12.7. The van der Waals surface area contributed by atoms with Crippen LogP contribution in [0.25, 0.3) is 0 Å². The van der Waals surface area contributed by atoms with E-state index in [9.17, 15) is 4.79 Å². The molecule has 21 heavy (non-hydrogen) atoms. The van der Waals surface area contributed by atoms with Crippen molar-refractivity contribution >= 4 is 17.5 Å². The molecule has 0 bridgehead atoms. The predicted molar refractivity (Wildman–Crippen MR) is 80.9 cm³/mol. The van der Waals surface area contributed by atoms with Crippen molar-refractivity contribution in [3.63, 3.8) is 0 Å². The molecule has 4 rings (SSSR count). The molecule has 1 amide bonds. The van der Waals surface area contributed by atoms with Crippen molar-refractivity contribution in [3.8, 4) is 11.5 Å². The Kier molecular flexibility index (Phi) is 2.89. The van der Waals surface area contributed by atoms with Gasteiger partial charge in [0.15, 0.2) is 0 Å². The van der Waals surface area contributed by atoms with Crippen molar-refractivity contribution in [2.75, 3.05) is 12.5 Å². The highest BCUT2D eigenvalue weighted by molar-refractivity contribution is 6.18. The van der Waals surface area contributed by atoms with E-state index in [-0.39, 0.29) is 23.7 Å². The molecule has 0 spiro atoms. The fourth-order valence-electron chi connectivity index (χ4n) is 3.37. The van der Waals surface area contributed by atoms with E-state index in [1.165, 1.54) is 0 Å². The number of hydrogen-bond acceptors (Lipinski definition) is 2. The van der Waals surface area contributed by atoms with E-state index in [0.717, 1.165) is 22.6 Å². The molecule has 0 aliphatic carbocycles. The molecule has 2 heterocycles. The van der Waals surface area contributed by atoms with Crippen LogP contribution < -0.4 is 4.74 Å². The lowest BCUT2D eigenvalue weighted by Gasteiger charge is -2.15. The van der Waals surface area contributed by atoms with Crippen LogP contribution in [0.2, 0.25) is 0 Å². The summed E-state index contributed by atoms with van der Waals surface area (Å²) in [6.45, 7) is 0.641. The number of nitrogens with zero attached hydrogens (tertiary/aromatic N) is 1. The summed E-state index contributed by atoms with van der Waals surface area (Å²) in [5, 5.41) is 0. The zero-order valence-corrected chi connectivity index (χ0v) is 12.1. The minimum Gasteiger partial charge on any atom is -0.457 e. The molecule has 106 valence electrons. The number of para-hydroxylation sites is 2. The summed E-state index contributed by atoms with van der Waals surface area (Å²) in [5.74, 6) is 1.58. The molecular formula is C17H14ClNO2. The lowest BCUT2D eigenvalue weighted by atomic mass is 9.84. The van der Waals surface area contributed by atoms with Crippen LogP contribution in [0.15, 0.2) is 48.5 Å². The van der Waals surface area contributed by atoms with E-state index in [1.54, 1.807) is 4.90 Å². The lowest BCUT2D eigenvalue weighted by molar-refractivity contribution is -0.128. The van der Waals surface area contributed by atoms with Crippen LogP contribution >= 0.6 is 11.6 Å². The summed E-state index contributed by atoms with van der Waals surface area (Å²) in [4.78, 5) is 14.4. The number of benzene rings is 2. The number of amides is 1. The molecule has 4 heteroatoms. The molecule has 0 aromatic heterocycles. The summed E-state index contributed by atoms with van der Waals surface area (Å²) in [6.07, 6.45) is 0. The molecule has 2 aliphatic heterocycles. The number of carbonyl (C=O) groups is 1. The van der Waals surface area contributed by atoms with Crippen molar-refractivity contribution < 1.29 is 9.53 Å². The molecule has 0 saturated carbocycles. The Labute approximate surface area is 128 Å². The van der Waals surface area contributed by atoms with E-state index < -0.39 is 0 Å². The summed E-state index contributed by atoms with van der Waals surface area (Å²) in [7, 11) is 0. The van der Waals surface area contributed by atoms with Gasteiger partial charge in [0.05, 0.1) is 11.9 Å². The Bertz CT molecular complexity index is 715. The highest BCUT2D eigenvalue weighted by Gasteiger charge is 2.45. The van der Waals surface area contributed by atoms with Gasteiger partial charge in [-0.1, -0.05) is 36.4 Å². The van der Waals surface area contributed by atoms with Crippen LogP contribution in [0, 0.1) is 0 Å². The van der Waals surface area contributed by atoms with Gasteiger partial charge in [0, 0.05) is 23.6 Å². The van der Waals surface area contributed by atoms with Crippen molar-refractivity contribution in [2.24, 2.45) is 0 Å². The normalized spacial score (nSPS) is 22.9. The third kappa shape index (κ3) is 1.84. The van der Waals surface area contributed by atoms with Crippen molar-refractivity contribution in [1.29, 1.82) is 0 Å². The summed E-state index contributed by atoms with van der Waals surface area (Å²) in [6, 6.07) is 16.0. The van der Waals surface area contributed by atoms with Gasteiger partial charge >= 0.3 is 0 Å². The highest BCUT2D eigenvalue weighted by Crippen LogP contribution is 2.50. The molecule has 1 fully saturated rings. The molecule has 3 nitrogen and oxygen atoms in total. The first-order valence-corrected chi connectivity index (χ1v) is 7.53. The molecule has 0 N–H and O–H groups in total. The van der Waals surface area contributed by atoms with Crippen molar-refractivity contribution in [1.82, 2.24) is 4.90 Å². The Morgan fingerprint density at radius 1 is 1.05 bits per heavy atom. The number of rotatable bonds is 1. The van der Waals surface area contributed by atoms with E-state index >= 15 is 0 Å². The summed E-state index contributed by atoms with van der Waals surface area (Å²) in [5.41, 5.74) is 2.04. The number of ether oxygens (including phenoxy) is 1. The molecule has 1 saturated heterocycles. The van der Waals surface area contributed by atoms with Crippen LogP contribution in [0.3, 0.4) is 0 Å². The van der Waals surface area contributed by atoms with Gasteiger partial charge in [0.1, 0.15) is 11.5 Å². The van der Waals surface area contributed by atoms with Crippen molar-refractivity contribution in [2.45, 2.75) is 11.8 Å². The molecule has 2 aromatic rings. The van der Waals surface area contributed by atoms with Crippen LogP contribution in [-0.4, -0.2) is 23.4 Å². The average molecular weight is 300 g/mol.